The average Bonchev–Trinajstić information content (AvgIpc) is 3.22. The van der Waals surface area contributed by atoms with Crippen molar-refractivity contribution in [1.82, 2.24) is 4.57 Å². The van der Waals surface area contributed by atoms with Crippen molar-refractivity contribution in [3.05, 3.63) is 119 Å². The van der Waals surface area contributed by atoms with Gasteiger partial charge < -0.3 is 9.47 Å². The molecule has 1 aliphatic heterocycles. The molecule has 0 unspecified atom stereocenters. The van der Waals surface area contributed by atoms with Crippen molar-refractivity contribution in [1.29, 1.82) is 0 Å². The second kappa shape index (κ2) is 9.12. The molecule has 0 N–H and O–H groups in total. The first-order valence-corrected chi connectivity index (χ1v) is 12.9. The van der Waals surface area contributed by atoms with E-state index in [0.29, 0.717) is 25.9 Å². The number of ether oxygens (including phenoxy) is 2. The number of benzene rings is 3. The normalized spacial score (nSPS) is 16.6. The lowest BCUT2D eigenvalue weighted by molar-refractivity contribution is 0.402. The van der Waals surface area contributed by atoms with Crippen LogP contribution in [0.2, 0.25) is 5.02 Å². The summed E-state index contributed by atoms with van der Waals surface area (Å²) in [5.74, 6) is 1.37. The summed E-state index contributed by atoms with van der Waals surface area (Å²) in [7, 11) is 3.24. The SMILES string of the molecule is COc1ccc(OC)c(/C=c2/sc3n(c2=O)[C@@H](c2ccc(Cl)cc2)C2=C(N=3)c3ccccc3CC2)c1. The van der Waals surface area contributed by atoms with Crippen molar-refractivity contribution < 1.29 is 9.47 Å². The number of rotatable bonds is 4. The number of nitrogens with zero attached hydrogens (tertiary/aromatic N) is 2. The lowest BCUT2D eigenvalue weighted by Crippen LogP contribution is -2.38. The Morgan fingerprint density at radius 2 is 1.83 bits per heavy atom. The molecule has 0 spiro atoms. The maximum absolute atomic E-state index is 13.9. The van der Waals surface area contributed by atoms with E-state index in [1.165, 1.54) is 16.9 Å². The zero-order valence-corrected chi connectivity index (χ0v) is 21.4. The van der Waals surface area contributed by atoms with Gasteiger partial charge >= 0.3 is 0 Å². The number of hydrogen-bond donors (Lipinski definition) is 0. The van der Waals surface area contributed by atoms with Gasteiger partial charge in [0.1, 0.15) is 11.5 Å². The summed E-state index contributed by atoms with van der Waals surface area (Å²) >= 11 is 7.60. The fourth-order valence-corrected chi connectivity index (χ4v) is 6.18. The molecule has 0 saturated carbocycles. The zero-order valence-electron chi connectivity index (χ0n) is 19.8. The van der Waals surface area contributed by atoms with Gasteiger partial charge in [-0.1, -0.05) is 59.3 Å². The Morgan fingerprint density at radius 3 is 2.61 bits per heavy atom. The minimum absolute atomic E-state index is 0.0750. The Labute approximate surface area is 217 Å². The van der Waals surface area contributed by atoms with Crippen LogP contribution in [-0.4, -0.2) is 18.8 Å². The number of halogens is 1. The van der Waals surface area contributed by atoms with Crippen LogP contribution in [0, 0.1) is 0 Å². The van der Waals surface area contributed by atoms with Crippen molar-refractivity contribution >= 4 is 34.7 Å². The molecule has 0 fully saturated rings. The highest BCUT2D eigenvalue weighted by molar-refractivity contribution is 7.07. The molecule has 0 saturated heterocycles. The molecule has 3 aromatic carbocycles. The topological polar surface area (TPSA) is 52.8 Å². The summed E-state index contributed by atoms with van der Waals surface area (Å²) in [5.41, 5.74) is 6.29. The highest BCUT2D eigenvalue weighted by atomic mass is 35.5. The number of fused-ring (bicyclic) bond motifs is 3. The lowest BCUT2D eigenvalue weighted by atomic mass is 9.83. The Morgan fingerprint density at radius 1 is 1.03 bits per heavy atom. The van der Waals surface area contributed by atoms with Crippen molar-refractivity contribution in [2.45, 2.75) is 18.9 Å². The molecule has 0 radical (unpaired) electrons. The van der Waals surface area contributed by atoms with E-state index in [1.54, 1.807) is 14.2 Å². The first kappa shape index (κ1) is 22.8. The second-order valence-corrected chi connectivity index (χ2v) is 10.2. The maximum atomic E-state index is 13.9. The van der Waals surface area contributed by atoms with Crippen LogP contribution in [0.3, 0.4) is 0 Å². The smallest absolute Gasteiger partial charge is 0.271 e. The molecule has 0 amide bonds. The van der Waals surface area contributed by atoms with E-state index in [4.69, 9.17) is 26.1 Å². The number of methoxy groups -OCH3 is 2. The lowest BCUT2D eigenvalue weighted by Gasteiger charge is -2.30. The monoisotopic (exact) mass is 514 g/mol. The van der Waals surface area contributed by atoms with Gasteiger partial charge in [-0.25, -0.2) is 4.99 Å². The summed E-state index contributed by atoms with van der Waals surface area (Å²) < 4.78 is 13.4. The van der Waals surface area contributed by atoms with Gasteiger partial charge in [0.05, 0.1) is 30.5 Å². The third kappa shape index (κ3) is 3.77. The van der Waals surface area contributed by atoms with Gasteiger partial charge in [0.2, 0.25) is 0 Å². The van der Waals surface area contributed by atoms with Crippen LogP contribution in [0.15, 0.2) is 82.1 Å². The summed E-state index contributed by atoms with van der Waals surface area (Å²) in [6.07, 6.45) is 3.62. The minimum Gasteiger partial charge on any atom is -0.497 e. The number of allylic oxidation sites excluding steroid dienone is 1. The van der Waals surface area contributed by atoms with Gasteiger partial charge in [-0.2, -0.15) is 0 Å². The van der Waals surface area contributed by atoms with E-state index >= 15 is 0 Å². The van der Waals surface area contributed by atoms with Gasteiger partial charge in [-0.15, -0.1) is 0 Å². The van der Waals surface area contributed by atoms with Crippen LogP contribution in [-0.2, 0) is 6.42 Å². The van der Waals surface area contributed by atoms with Crippen LogP contribution < -0.4 is 24.4 Å². The molecule has 5 nitrogen and oxygen atoms in total. The van der Waals surface area contributed by atoms with Crippen molar-refractivity contribution in [3.63, 3.8) is 0 Å². The van der Waals surface area contributed by atoms with Crippen LogP contribution >= 0.6 is 22.9 Å². The molecule has 6 rings (SSSR count). The molecule has 4 aromatic rings. The van der Waals surface area contributed by atoms with E-state index in [-0.39, 0.29) is 11.6 Å². The summed E-state index contributed by atoms with van der Waals surface area (Å²) in [6.45, 7) is 0. The molecule has 2 aliphatic rings. The van der Waals surface area contributed by atoms with Gasteiger partial charge in [0.25, 0.3) is 5.56 Å². The maximum Gasteiger partial charge on any atom is 0.271 e. The summed E-state index contributed by atoms with van der Waals surface area (Å²) in [5, 5.41) is 0.666. The fourth-order valence-electron chi connectivity index (χ4n) is 5.06. The predicted molar refractivity (Wildman–Crippen MR) is 144 cm³/mol. The van der Waals surface area contributed by atoms with Crippen molar-refractivity contribution in [2.75, 3.05) is 14.2 Å². The number of hydrogen-bond acceptors (Lipinski definition) is 5. The van der Waals surface area contributed by atoms with Crippen LogP contribution in [0.1, 0.15) is 34.7 Å². The molecule has 0 bridgehead atoms. The first-order valence-electron chi connectivity index (χ1n) is 11.7. The number of aromatic nitrogens is 1. The molecule has 1 aliphatic carbocycles. The first-order chi connectivity index (χ1) is 17.6. The molecular formula is C29H23ClN2O3S. The Hall–Kier alpha value is -3.61. The van der Waals surface area contributed by atoms with Crippen molar-refractivity contribution in [3.8, 4) is 11.5 Å². The van der Waals surface area contributed by atoms with E-state index < -0.39 is 0 Å². The standard InChI is InChI=1S/C29H23ClN2O3S/c1-34-21-12-14-24(35-2)19(15-21)16-25-28(33)32-27(18-7-10-20(30)11-8-18)23-13-9-17-5-3-4-6-22(17)26(23)31-29(32)36-25/h3-8,10-12,14-16,27H,9,13H2,1-2H3/b25-16+/t27-/m0/s1. The van der Waals surface area contributed by atoms with Gasteiger partial charge in [-0.05, 0) is 65.9 Å². The van der Waals surface area contributed by atoms with E-state index in [0.717, 1.165) is 40.8 Å². The second-order valence-electron chi connectivity index (χ2n) is 8.77. The number of thiazole rings is 1. The average molecular weight is 515 g/mol. The van der Waals surface area contributed by atoms with Crippen LogP contribution in [0.4, 0.5) is 0 Å². The Kier molecular flexibility index (Phi) is 5.78. The molecular weight excluding hydrogens is 492 g/mol. The van der Waals surface area contributed by atoms with E-state index in [2.05, 4.69) is 18.2 Å². The molecule has 7 heteroatoms. The van der Waals surface area contributed by atoms with Crippen LogP contribution in [0.25, 0.3) is 11.8 Å². The third-order valence-corrected chi connectivity index (χ3v) is 8.02. The number of aryl methyl sites for hydroxylation is 1. The summed E-state index contributed by atoms with van der Waals surface area (Å²) in [4.78, 5) is 19.6. The highest BCUT2D eigenvalue weighted by Crippen LogP contribution is 2.41. The molecule has 1 aromatic heterocycles. The molecule has 2 heterocycles. The van der Waals surface area contributed by atoms with E-state index in [9.17, 15) is 4.79 Å². The molecule has 36 heavy (non-hydrogen) atoms. The fraction of sp³-hybridized carbons (Fsp3) is 0.172. The summed E-state index contributed by atoms with van der Waals surface area (Å²) in [6, 6.07) is 21.5. The quantitative estimate of drug-likeness (QED) is 0.385. The minimum atomic E-state index is -0.240. The van der Waals surface area contributed by atoms with Gasteiger partial charge in [0.15, 0.2) is 4.80 Å². The Bertz CT molecular complexity index is 1700. The molecule has 1 atom stereocenters. The highest BCUT2D eigenvalue weighted by Gasteiger charge is 2.32. The van der Waals surface area contributed by atoms with Crippen LogP contribution in [0.5, 0.6) is 11.5 Å². The third-order valence-electron chi connectivity index (χ3n) is 6.78. The van der Waals surface area contributed by atoms with Gasteiger partial charge in [-0.3, -0.25) is 9.36 Å². The zero-order chi connectivity index (χ0) is 24.8. The predicted octanol–water partition coefficient (Wildman–Crippen LogP) is 4.99. The molecule has 180 valence electrons. The largest absolute Gasteiger partial charge is 0.497 e. The van der Waals surface area contributed by atoms with Crippen molar-refractivity contribution in [2.24, 2.45) is 4.99 Å². The Balaban J connectivity index is 1.62. The van der Waals surface area contributed by atoms with E-state index in [1.807, 2.05) is 59.2 Å². The van der Waals surface area contributed by atoms with Gasteiger partial charge in [0, 0.05) is 16.1 Å².